The van der Waals surface area contributed by atoms with Crippen molar-refractivity contribution in [3.05, 3.63) is 59.9 Å². The van der Waals surface area contributed by atoms with Crippen LogP contribution < -0.4 is 16.0 Å². The second kappa shape index (κ2) is 11.5. The van der Waals surface area contributed by atoms with Gasteiger partial charge in [0.05, 0.1) is 0 Å². The van der Waals surface area contributed by atoms with E-state index in [1.54, 1.807) is 36.7 Å². The number of nitrogens with one attached hydrogen (secondary N) is 3. The minimum Gasteiger partial charge on any atom is -0.352 e. The minimum atomic E-state index is -0.170. The molecule has 1 aliphatic heterocycles. The van der Waals surface area contributed by atoms with Crippen molar-refractivity contribution < 1.29 is 9.59 Å². The Kier molecular flexibility index (Phi) is 9.78. The maximum Gasteiger partial charge on any atom is 0.255 e. The van der Waals surface area contributed by atoms with E-state index in [1.807, 2.05) is 12.1 Å². The summed E-state index contributed by atoms with van der Waals surface area (Å²) in [6.45, 7) is 2.29. The quantitative estimate of drug-likeness (QED) is 0.707. The van der Waals surface area contributed by atoms with E-state index in [4.69, 9.17) is 0 Å². The average molecular weight is 411 g/mol. The molecule has 3 rings (SSSR count). The van der Waals surface area contributed by atoms with E-state index in [9.17, 15) is 9.59 Å². The Labute approximate surface area is 171 Å². The van der Waals surface area contributed by atoms with Crippen LogP contribution in [0.5, 0.6) is 0 Å². The fourth-order valence-corrected chi connectivity index (χ4v) is 2.83. The maximum absolute atomic E-state index is 12.2. The Morgan fingerprint density at radius 1 is 1.00 bits per heavy atom. The van der Waals surface area contributed by atoms with E-state index < -0.39 is 0 Å². The van der Waals surface area contributed by atoms with Gasteiger partial charge in [-0.2, -0.15) is 0 Å². The Balaban J connectivity index is 0.00000182. The highest BCUT2D eigenvalue weighted by Gasteiger charge is 2.20. The van der Waals surface area contributed by atoms with Gasteiger partial charge < -0.3 is 16.0 Å². The Bertz CT molecular complexity index is 720. The van der Waals surface area contributed by atoms with E-state index in [2.05, 4.69) is 20.9 Å². The number of carbonyl (C=O) groups excluding carboxylic acids is 2. The molecule has 2 aromatic rings. The van der Waals surface area contributed by atoms with E-state index in [1.165, 1.54) is 0 Å². The molecule has 8 heteroatoms. The molecule has 1 fully saturated rings. The van der Waals surface area contributed by atoms with Gasteiger partial charge in [0.15, 0.2) is 0 Å². The molecule has 0 saturated carbocycles. The fraction of sp³-hybridized carbons (Fsp3) is 0.316. The Hall–Kier alpha value is -2.15. The van der Waals surface area contributed by atoms with Crippen LogP contribution in [0, 0.1) is 5.92 Å². The number of piperidine rings is 1. The lowest BCUT2D eigenvalue weighted by molar-refractivity contribution is -0.125. The first kappa shape index (κ1) is 22.9. The van der Waals surface area contributed by atoms with Gasteiger partial charge >= 0.3 is 0 Å². The molecule has 0 radical (unpaired) electrons. The lowest BCUT2D eigenvalue weighted by Gasteiger charge is -2.21. The number of carbonyl (C=O) groups is 2. The number of nitrogens with zero attached hydrogens (tertiary/aromatic N) is 1. The molecule has 146 valence electrons. The third-order valence-electron chi connectivity index (χ3n) is 4.33. The zero-order chi connectivity index (χ0) is 17.5. The van der Waals surface area contributed by atoms with Crippen molar-refractivity contribution >= 4 is 42.3 Å². The Morgan fingerprint density at radius 2 is 1.63 bits per heavy atom. The van der Waals surface area contributed by atoms with Crippen molar-refractivity contribution in [2.75, 3.05) is 18.4 Å². The summed E-state index contributed by atoms with van der Waals surface area (Å²) in [5, 5.41) is 9.06. The predicted octanol–water partition coefficient (Wildman–Crippen LogP) is 2.79. The summed E-state index contributed by atoms with van der Waals surface area (Å²) in [5.41, 5.74) is 2.26. The van der Waals surface area contributed by atoms with Crippen molar-refractivity contribution in [3.8, 4) is 0 Å². The summed E-state index contributed by atoms with van der Waals surface area (Å²) in [7, 11) is 0. The normalized spacial score (nSPS) is 13.6. The van der Waals surface area contributed by atoms with Crippen molar-refractivity contribution in [1.29, 1.82) is 0 Å². The number of rotatable bonds is 5. The molecule has 2 amide bonds. The summed E-state index contributed by atoms with van der Waals surface area (Å²) in [6.07, 6.45) is 5.04. The highest BCUT2D eigenvalue weighted by molar-refractivity contribution is 6.04. The molecule has 0 unspecified atom stereocenters. The summed E-state index contributed by atoms with van der Waals surface area (Å²) >= 11 is 0. The molecule has 1 aliphatic rings. The second-order valence-electron chi connectivity index (χ2n) is 6.13. The van der Waals surface area contributed by atoms with Crippen LogP contribution in [0.4, 0.5) is 5.69 Å². The van der Waals surface area contributed by atoms with Gasteiger partial charge in [0, 0.05) is 36.1 Å². The van der Waals surface area contributed by atoms with Gasteiger partial charge in [-0.05, 0) is 55.8 Å². The fourth-order valence-electron chi connectivity index (χ4n) is 2.83. The van der Waals surface area contributed by atoms with E-state index >= 15 is 0 Å². The third-order valence-corrected chi connectivity index (χ3v) is 4.33. The molecule has 6 nitrogen and oxygen atoms in total. The summed E-state index contributed by atoms with van der Waals surface area (Å²) in [6, 6.07) is 10.7. The van der Waals surface area contributed by atoms with Gasteiger partial charge in [0.2, 0.25) is 5.91 Å². The Morgan fingerprint density at radius 3 is 2.26 bits per heavy atom. The van der Waals surface area contributed by atoms with E-state index in [-0.39, 0.29) is 42.5 Å². The third kappa shape index (κ3) is 6.82. The number of hydrogen-bond donors (Lipinski definition) is 3. The largest absolute Gasteiger partial charge is 0.352 e. The molecule has 2 heterocycles. The van der Waals surface area contributed by atoms with Crippen LogP contribution in [-0.4, -0.2) is 29.9 Å². The molecule has 0 spiro atoms. The van der Waals surface area contributed by atoms with E-state index in [0.29, 0.717) is 17.8 Å². The van der Waals surface area contributed by atoms with Crippen molar-refractivity contribution in [3.63, 3.8) is 0 Å². The number of pyridine rings is 1. The summed E-state index contributed by atoms with van der Waals surface area (Å²) in [4.78, 5) is 28.2. The molecule has 3 N–H and O–H groups in total. The molecule has 1 saturated heterocycles. The van der Waals surface area contributed by atoms with Gasteiger partial charge in [0.25, 0.3) is 5.91 Å². The van der Waals surface area contributed by atoms with Gasteiger partial charge in [-0.1, -0.05) is 12.1 Å². The smallest absolute Gasteiger partial charge is 0.255 e. The monoisotopic (exact) mass is 410 g/mol. The van der Waals surface area contributed by atoms with Crippen LogP contribution in [0.1, 0.15) is 28.8 Å². The van der Waals surface area contributed by atoms with Crippen LogP contribution >= 0.6 is 24.8 Å². The number of hydrogen-bond acceptors (Lipinski definition) is 4. The highest BCUT2D eigenvalue weighted by atomic mass is 35.5. The topological polar surface area (TPSA) is 83.1 Å². The van der Waals surface area contributed by atoms with E-state index in [0.717, 1.165) is 31.5 Å². The minimum absolute atomic E-state index is 0. The van der Waals surface area contributed by atoms with Crippen LogP contribution in [0.2, 0.25) is 0 Å². The molecule has 0 atom stereocenters. The average Bonchev–Trinajstić information content (AvgIpc) is 2.68. The number of amides is 2. The van der Waals surface area contributed by atoms with Crippen molar-refractivity contribution in [2.45, 2.75) is 19.4 Å². The SMILES string of the molecule is Cl.Cl.O=C(Nc1ccncc1)c1ccc(CNC(=O)C2CCNCC2)cc1. The van der Waals surface area contributed by atoms with Crippen LogP contribution in [-0.2, 0) is 11.3 Å². The highest BCUT2D eigenvalue weighted by Crippen LogP contribution is 2.13. The molecule has 1 aromatic heterocycles. The molecule has 27 heavy (non-hydrogen) atoms. The standard InChI is InChI=1S/C19H22N4O2.2ClH/c24-18(16-5-9-20-10-6-16)22-13-14-1-3-15(4-2-14)19(25)23-17-7-11-21-12-8-17;;/h1-4,7-8,11-12,16,20H,5-6,9-10,13H2,(H,22,24)(H,21,23,25);2*1H. The lowest BCUT2D eigenvalue weighted by Crippen LogP contribution is -2.37. The van der Waals surface area contributed by atoms with Crippen molar-refractivity contribution in [1.82, 2.24) is 15.6 Å². The first-order valence-electron chi connectivity index (χ1n) is 8.51. The number of benzene rings is 1. The van der Waals surface area contributed by atoms with Crippen LogP contribution in [0.3, 0.4) is 0 Å². The van der Waals surface area contributed by atoms with Crippen LogP contribution in [0.15, 0.2) is 48.8 Å². The lowest BCUT2D eigenvalue weighted by atomic mass is 9.97. The number of halogens is 2. The molecule has 0 bridgehead atoms. The zero-order valence-corrected chi connectivity index (χ0v) is 16.4. The van der Waals surface area contributed by atoms with Gasteiger partial charge in [-0.3, -0.25) is 14.6 Å². The number of aromatic nitrogens is 1. The van der Waals surface area contributed by atoms with Gasteiger partial charge in [-0.15, -0.1) is 24.8 Å². The van der Waals surface area contributed by atoms with Gasteiger partial charge in [-0.25, -0.2) is 0 Å². The second-order valence-corrected chi connectivity index (χ2v) is 6.13. The number of anilines is 1. The predicted molar refractivity (Wildman–Crippen MR) is 111 cm³/mol. The van der Waals surface area contributed by atoms with Crippen molar-refractivity contribution in [2.24, 2.45) is 5.92 Å². The maximum atomic E-state index is 12.2. The molecular weight excluding hydrogens is 387 g/mol. The summed E-state index contributed by atoms with van der Waals surface area (Å²) < 4.78 is 0. The zero-order valence-electron chi connectivity index (χ0n) is 14.8. The molecule has 1 aromatic carbocycles. The molecule has 0 aliphatic carbocycles. The summed E-state index contributed by atoms with van der Waals surface area (Å²) in [5.74, 6) is 0.0455. The van der Waals surface area contributed by atoms with Gasteiger partial charge in [0.1, 0.15) is 0 Å². The van der Waals surface area contributed by atoms with Crippen LogP contribution in [0.25, 0.3) is 0 Å². The molecular formula is C19H24Cl2N4O2. The first-order valence-corrected chi connectivity index (χ1v) is 8.51. The first-order chi connectivity index (χ1) is 12.2.